The summed E-state index contributed by atoms with van der Waals surface area (Å²) in [5.74, 6) is 0.464. The quantitative estimate of drug-likeness (QED) is 0.565. The van der Waals surface area contributed by atoms with Gasteiger partial charge in [0.15, 0.2) is 0 Å². The minimum atomic E-state index is -0.591. The van der Waals surface area contributed by atoms with Gasteiger partial charge in [0.25, 0.3) is 5.69 Å². The van der Waals surface area contributed by atoms with Crippen LogP contribution in [-0.2, 0) is 4.74 Å². The minimum Gasteiger partial charge on any atom is -0.447 e. The van der Waals surface area contributed by atoms with E-state index in [1.165, 1.54) is 18.2 Å². The zero-order chi connectivity index (χ0) is 21.1. The lowest BCUT2D eigenvalue weighted by atomic mass is 9.98. The highest BCUT2D eigenvalue weighted by Crippen LogP contribution is 2.29. The molecule has 2 aliphatic rings. The Labute approximate surface area is 174 Å². The van der Waals surface area contributed by atoms with E-state index in [1.807, 2.05) is 4.90 Å². The molecule has 2 fully saturated rings. The van der Waals surface area contributed by atoms with E-state index in [2.05, 4.69) is 19.2 Å². The molecule has 10 heteroatoms. The summed E-state index contributed by atoms with van der Waals surface area (Å²) in [4.78, 5) is 38.6. The number of nitro groups is 1. The lowest BCUT2D eigenvalue weighted by Gasteiger charge is -2.38. The predicted octanol–water partition coefficient (Wildman–Crippen LogP) is 4.11. The normalized spacial score (nSPS) is 20.1. The van der Waals surface area contributed by atoms with Crippen LogP contribution in [0.5, 0.6) is 0 Å². The molecule has 0 spiro atoms. The van der Waals surface area contributed by atoms with Crippen LogP contribution in [0.4, 0.5) is 21.0 Å². The average molecular weight is 425 g/mol. The van der Waals surface area contributed by atoms with Crippen molar-refractivity contribution in [2.24, 2.45) is 5.92 Å². The number of ether oxygens (including phenoxy) is 1. The van der Waals surface area contributed by atoms with Gasteiger partial charge in [-0.15, -0.1) is 0 Å². The van der Waals surface area contributed by atoms with Crippen molar-refractivity contribution >= 4 is 35.1 Å². The number of piperidine rings is 1. The molecule has 0 radical (unpaired) electrons. The van der Waals surface area contributed by atoms with E-state index in [1.54, 1.807) is 4.90 Å². The second kappa shape index (κ2) is 8.86. The summed E-state index contributed by atoms with van der Waals surface area (Å²) < 4.78 is 5.25. The molecule has 3 amide bonds. The molecular formula is C19H25ClN4O5. The molecule has 2 heterocycles. The third-order valence-corrected chi connectivity index (χ3v) is 5.61. The molecule has 0 bridgehead atoms. The summed E-state index contributed by atoms with van der Waals surface area (Å²) in [6.45, 7) is 5.64. The van der Waals surface area contributed by atoms with Gasteiger partial charge in [0.1, 0.15) is 11.6 Å². The van der Waals surface area contributed by atoms with Crippen LogP contribution in [0, 0.1) is 16.0 Å². The zero-order valence-corrected chi connectivity index (χ0v) is 17.2. The number of halogens is 1. The summed E-state index contributed by atoms with van der Waals surface area (Å²) in [5.41, 5.74) is 0.0558. The number of carbonyl (C=O) groups excluding carboxylic acids is 2. The van der Waals surface area contributed by atoms with Crippen LogP contribution in [-0.4, -0.2) is 58.6 Å². The molecule has 1 unspecified atom stereocenters. The number of rotatable bonds is 5. The largest absolute Gasteiger partial charge is 0.447 e. The van der Waals surface area contributed by atoms with Gasteiger partial charge >= 0.3 is 12.1 Å². The molecular weight excluding hydrogens is 400 g/mol. The highest BCUT2D eigenvalue weighted by molar-refractivity contribution is 6.32. The van der Waals surface area contributed by atoms with Crippen molar-refractivity contribution in [3.05, 3.63) is 33.3 Å². The van der Waals surface area contributed by atoms with E-state index >= 15 is 0 Å². The number of nitro benzene ring substituents is 1. The van der Waals surface area contributed by atoms with Crippen molar-refractivity contribution in [2.45, 2.75) is 45.2 Å². The first kappa shape index (κ1) is 21.2. The molecule has 2 saturated heterocycles. The van der Waals surface area contributed by atoms with Gasteiger partial charge < -0.3 is 15.0 Å². The van der Waals surface area contributed by atoms with E-state index in [9.17, 15) is 19.7 Å². The van der Waals surface area contributed by atoms with Crippen molar-refractivity contribution in [2.75, 3.05) is 25.0 Å². The third kappa shape index (κ3) is 4.90. The van der Waals surface area contributed by atoms with Gasteiger partial charge in [0, 0.05) is 30.9 Å². The molecule has 0 aromatic heterocycles. The number of nitrogens with one attached hydrogen (secondary N) is 1. The standard InChI is InChI=1S/C19H25ClN4O5/c1-12(2)9-15-11-29-19(26)23(15)14-5-7-22(8-6-14)18(25)21-13-3-4-16(20)17(10-13)24(27)28/h3-4,10,12,14-15H,5-9,11H2,1-2H3,(H,21,25). The molecule has 3 rings (SSSR count). The zero-order valence-electron chi connectivity index (χ0n) is 16.5. The Hall–Kier alpha value is -2.55. The lowest BCUT2D eigenvalue weighted by Crippen LogP contribution is -2.50. The maximum Gasteiger partial charge on any atom is 0.410 e. The number of anilines is 1. The Kier molecular flexibility index (Phi) is 6.46. The topological polar surface area (TPSA) is 105 Å². The van der Waals surface area contributed by atoms with Crippen molar-refractivity contribution in [3.8, 4) is 0 Å². The first-order valence-electron chi connectivity index (χ1n) is 9.71. The monoisotopic (exact) mass is 424 g/mol. The van der Waals surface area contributed by atoms with Crippen molar-refractivity contribution in [3.63, 3.8) is 0 Å². The van der Waals surface area contributed by atoms with Crippen LogP contribution in [0.2, 0.25) is 5.02 Å². The number of carbonyl (C=O) groups is 2. The summed E-state index contributed by atoms with van der Waals surface area (Å²) in [6, 6.07) is 3.95. The van der Waals surface area contributed by atoms with Gasteiger partial charge in [-0.05, 0) is 37.3 Å². The fraction of sp³-hybridized carbons (Fsp3) is 0.579. The van der Waals surface area contributed by atoms with Crippen molar-refractivity contribution < 1.29 is 19.2 Å². The van der Waals surface area contributed by atoms with E-state index in [-0.39, 0.29) is 34.9 Å². The predicted molar refractivity (Wildman–Crippen MR) is 108 cm³/mol. The second-order valence-corrected chi connectivity index (χ2v) is 8.25. The summed E-state index contributed by atoms with van der Waals surface area (Å²) in [5, 5.41) is 13.7. The Morgan fingerprint density at radius 3 is 2.69 bits per heavy atom. The summed E-state index contributed by atoms with van der Waals surface area (Å²) in [7, 11) is 0. The first-order valence-corrected chi connectivity index (χ1v) is 10.1. The SMILES string of the molecule is CC(C)CC1COC(=O)N1C1CCN(C(=O)Nc2ccc(Cl)c([N+](=O)[O-])c2)CC1. The molecule has 29 heavy (non-hydrogen) atoms. The van der Waals surface area contributed by atoms with Gasteiger partial charge in [-0.25, -0.2) is 9.59 Å². The maximum absolute atomic E-state index is 12.5. The van der Waals surface area contributed by atoms with E-state index < -0.39 is 4.92 Å². The first-order chi connectivity index (χ1) is 13.8. The number of likely N-dealkylation sites (tertiary alicyclic amines) is 1. The number of urea groups is 1. The minimum absolute atomic E-state index is 0.0160. The molecule has 1 aromatic carbocycles. The third-order valence-electron chi connectivity index (χ3n) is 5.29. The van der Waals surface area contributed by atoms with Crippen LogP contribution < -0.4 is 5.32 Å². The van der Waals surface area contributed by atoms with Gasteiger partial charge in [0.05, 0.1) is 11.0 Å². The Bertz CT molecular complexity index is 795. The fourth-order valence-electron chi connectivity index (χ4n) is 3.92. The molecule has 1 aromatic rings. The highest BCUT2D eigenvalue weighted by atomic mass is 35.5. The van der Waals surface area contributed by atoms with Gasteiger partial charge in [-0.3, -0.25) is 15.0 Å². The Morgan fingerprint density at radius 2 is 2.07 bits per heavy atom. The molecule has 1 N–H and O–H groups in total. The highest BCUT2D eigenvalue weighted by Gasteiger charge is 2.39. The van der Waals surface area contributed by atoms with Crippen LogP contribution >= 0.6 is 11.6 Å². The van der Waals surface area contributed by atoms with Crippen molar-refractivity contribution in [1.29, 1.82) is 0 Å². The smallest absolute Gasteiger partial charge is 0.410 e. The molecule has 2 aliphatic heterocycles. The van der Waals surface area contributed by atoms with E-state index in [0.29, 0.717) is 44.1 Å². The summed E-state index contributed by atoms with van der Waals surface area (Å²) in [6.07, 6.45) is 1.95. The van der Waals surface area contributed by atoms with Crippen LogP contribution in [0.3, 0.4) is 0 Å². The molecule has 9 nitrogen and oxygen atoms in total. The summed E-state index contributed by atoms with van der Waals surface area (Å²) >= 11 is 5.80. The van der Waals surface area contributed by atoms with Gasteiger partial charge in [0.2, 0.25) is 0 Å². The molecule has 0 aliphatic carbocycles. The molecule has 158 valence electrons. The van der Waals surface area contributed by atoms with Crippen LogP contribution in [0.15, 0.2) is 18.2 Å². The van der Waals surface area contributed by atoms with Crippen LogP contribution in [0.25, 0.3) is 0 Å². The number of hydrogen-bond donors (Lipinski definition) is 1. The number of cyclic esters (lactones) is 1. The van der Waals surface area contributed by atoms with Gasteiger partial charge in [-0.1, -0.05) is 25.4 Å². The Morgan fingerprint density at radius 1 is 1.38 bits per heavy atom. The molecule has 1 atom stereocenters. The number of nitrogens with zero attached hydrogens (tertiary/aromatic N) is 3. The lowest BCUT2D eigenvalue weighted by molar-refractivity contribution is -0.384. The molecule has 0 saturated carbocycles. The van der Waals surface area contributed by atoms with E-state index in [0.717, 1.165) is 6.42 Å². The maximum atomic E-state index is 12.5. The number of hydrogen-bond acceptors (Lipinski definition) is 5. The van der Waals surface area contributed by atoms with Crippen LogP contribution in [0.1, 0.15) is 33.1 Å². The number of benzene rings is 1. The van der Waals surface area contributed by atoms with Gasteiger partial charge in [-0.2, -0.15) is 0 Å². The van der Waals surface area contributed by atoms with E-state index in [4.69, 9.17) is 16.3 Å². The number of amides is 3. The second-order valence-electron chi connectivity index (χ2n) is 7.84. The Balaban J connectivity index is 1.58. The van der Waals surface area contributed by atoms with Crippen molar-refractivity contribution in [1.82, 2.24) is 9.80 Å². The average Bonchev–Trinajstić information content (AvgIpc) is 3.02. The fourth-order valence-corrected chi connectivity index (χ4v) is 4.11.